The van der Waals surface area contributed by atoms with Crippen molar-refractivity contribution in [1.29, 1.82) is 0 Å². The van der Waals surface area contributed by atoms with Crippen molar-refractivity contribution in [2.45, 2.75) is 12.0 Å². The van der Waals surface area contributed by atoms with Gasteiger partial charge in [0, 0.05) is 11.9 Å². The van der Waals surface area contributed by atoms with Crippen molar-refractivity contribution < 1.29 is 14.7 Å². The third-order valence-corrected chi connectivity index (χ3v) is 4.61. The lowest BCUT2D eigenvalue weighted by atomic mass is 9.98. The molecule has 1 unspecified atom stereocenters. The van der Waals surface area contributed by atoms with Crippen LogP contribution in [0.5, 0.6) is 0 Å². The normalized spacial score (nSPS) is 22.7. The summed E-state index contributed by atoms with van der Waals surface area (Å²) in [7, 11) is 0. The minimum atomic E-state index is -1.16. The molecule has 7 heteroatoms. The van der Waals surface area contributed by atoms with E-state index in [1.54, 1.807) is 18.3 Å². The van der Waals surface area contributed by atoms with Gasteiger partial charge < -0.3 is 10.4 Å². The van der Waals surface area contributed by atoms with Crippen LogP contribution in [0.2, 0.25) is 0 Å². The molecule has 0 aromatic carbocycles. The van der Waals surface area contributed by atoms with Crippen LogP contribution in [0.15, 0.2) is 22.9 Å². The number of halogens is 1. The van der Waals surface area contributed by atoms with Crippen molar-refractivity contribution >= 4 is 39.6 Å². The molecular weight excluding hydrogens is 320 g/mol. The lowest BCUT2D eigenvalue weighted by molar-refractivity contribution is -0.143. The average Bonchev–Trinajstić information content (AvgIpc) is 2.79. The Morgan fingerprint density at radius 2 is 2.33 bits per heavy atom. The molecule has 0 aliphatic carbocycles. The fraction of sp³-hybridized carbons (Fsp3) is 0.364. The molecule has 1 atom stereocenters. The quantitative estimate of drug-likeness (QED) is 0.822. The van der Waals surface area contributed by atoms with Gasteiger partial charge in [-0.05, 0) is 40.2 Å². The van der Waals surface area contributed by atoms with E-state index in [4.69, 9.17) is 0 Å². The second kappa shape index (κ2) is 5.27. The van der Waals surface area contributed by atoms with Crippen LogP contribution in [0.1, 0.15) is 16.8 Å². The number of aromatic nitrogens is 1. The molecule has 5 nitrogen and oxygen atoms in total. The highest BCUT2D eigenvalue weighted by molar-refractivity contribution is 9.10. The van der Waals surface area contributed by atoms with Crippen molar-refractivity contribution in [2.24, 2.45) is 0 Å². The Bertz CT molecular complexity index is 489. The van der Waals surface area contributed by atoms with Crippen LogP contribution in [0.4, 0.5) is 0 Å². The second-order valence-corrected chi connectivity index (χ2v) is 5.84. The first-order valence-corrected chi connectivity index (χ1v) is 7.24. The van der Waals surface area contributed by atoms with Crippen molar-refractivity contribution in [3.63, 3.8) is 0 Å². The van der Waals surface area contributed by atoms with E-state index in [0.717, 1.165) is 5.75 Å². The summed E-state index contributed by atoms with van der Waals surface area (Å²) in [5, 5.41) is 11.9. The summed E-state index contributed by atoms with van der Waals surface area (Å²) in [5.41, 5.74) is -0.813. The zero-order chi connectivity index (χ0) is 13.2. The Morgan fingerprint density at radius 1 is 1.56 bits per heavy atom. The predicted octanol–water partition coefficient (Wildman–Crippen LogP) is 1.53. The highest BCUT2D eigenvalue weighted by Crippen LogP contribution is 2.29. The first kappa shape index (κ1) is 13.4. The number of carbonyl (C=O) groups is 2. The van der Waals surface area contributed by atoms with Crippen molar-refractivity contribution in [3.8, 4) is 0 Å². The Balaban J connectivity index is 2.21. The molecule has 2 rings (SSSR count). The van der Waals surface area contributed by atoms with Gasteiger partial charge in [0.2, 0.25) is 0 Å². The van der Waals surface area contributed by atoms with Crippen LogP contribution < -0.4 is 5.32 Å². The topological polar surface area (TPSA) is 79.3 Å². The number of amides is 1. The summed E-state index contributed by atoms with van der Waals surface area (Å²) in [6.45, 7) is 0. The van der Waals surface area contributed by atoms with Gasteiger partial charge in [0.25, 0.3) is 5.91 Å². The first-order valence-electron chi connectivity index (χ1n) is 5.29. The number of carboxylic acid groups (broad SMARTS) is 1. The SMILES string of the molecule is O=C(NC1(C(=O)O)CCSC1)c1cccnc1Br. The van der Waals surface area contributed by atoms with Crippen molar-refractivity contribution in [2.75, 3.05) is 11.5 Å². The first-order chi connectivity index (χ1) is 8.55. The fourth-order valence-electron chi connectivity index (χ4n) is 1.73. The summed E-state index contributed by atoms with van der Waals surface area (Å²) >= 11 is 4.70. The lowest BCUT2D eigenvalue weighted by Gasteiger charge is -2.24. The van der Waals surface area contributed by atoms with Crippen LogP contribution >= 0.6 is 27.7 Å². The molecule has 1 aliphatic heterocycles. The Labute approximate surface area is 116 Å². The highest BCUT2D eigenvalue weighted by atomic mass is 79.9. The maximum atomic E-state index is 12.1. The van der Waals surface area contributed by atoms with Gasteiger partial charge in [-0.1, -0.05) is 0 Å². The molecule has 0 saturated carbocycles. The molecule has 1 saturated heterocycles. The van der Waals surface area contributed by atoms with Gasteiger partial charge in [-0.3, -0.25) is 4.79 Å². The van der Waals surface area contributed by atoms with E-state index in [1.807, 2.05) is 0 Å². The number of pyridine rings is 1. The minimum absolute atomic E-state index is 0.343. The molecule has 1 aromatic heterocycles. The molecule has 96 valence electrons. The van der Waals surface area contributed by atoms with E-state index in [1.165, 1.54) is 11.8 Å². The predicted molar refractivity (Wildman–Crippen MR) is 71.7 cm³/mol. The minimum Gasteiger partial charge on any atom is -0.479 e. The zero-order valence-electron chi connectivity index (χ0n) is 9.35. The fourth-order valence-corrected chi connectivity index (χ4v) is 3.48. The van der Waals surface area contributed by atoms with Gasteiger partial charge in [0.1, 0.15) is 10.1 Å². The number of rotatable bonds is 3. The summed E-state index contributed by atoms with van der Waals surface area (Å²) in [4.78, 5) is 27.3. The van der Waals surface area contributed by atoms with E-state index in [-0.39, 0.29) is 0 Å². The summed E-state index contributed by atoms with van der Waals surface area (Å²) in [6.07, 6.45) is 2.00. The summed E-state index contributed by atoms with van der Waals surface area (Å²) < 4.78 is 0.411. The number of aliphatic carboxylic acids is 1. The number of carboxylic acids is 1. The molecule has 1 aromatic rings. The molecule has 1 fully saturated rings. The van der Waals surface area contributed by atoms with Crippen molar-refractivity contribution in [3.05, 3.63) is 28.5 Å². The van der Waals surface area contributed by atoms with Gasteiger partial charge >= 0.3 is 5.97 Å². The summed E-state index contributed by atoms with van der Waals surface area (Å²) in [5.74, 6) is -0.270. The zero-order valence-corrected chi connectivity index (χ0v) is 11.8. The molecule has 0 bridgehead atoms. The van der Waals surface area contributed by atoms with E-state index >= 15 is 0 Å². The second-order valence-electron chi connectivity index (χ2n) is 3.99. The van der Waals surface area contributed by atoms with E-state index < -0.39 is 17.4 Å². The van der Waals surface area contributed by atoms with Gasteiger partial charge in [-0.2, -0.15) is 11.8 Å². The van der Waals surface area contributed by atoms with Crippen LogP contribution in [-0.2, 0) is 4.79 Å². The van der Waals surface area contributed by atoms with Crippen LogP contribution in [0.25, 0.3) is 0 Å². The van der Waals surface area contributed by atoms with Crippen LogP contribution in [-0.4, -0.2) is 39.0 Å². The van der Waals surface area contributed by atoms with E-state index in [0.29, 0.717) is 22.3 Å². The molecule has 0 radical (unpaired) electrons. The molecule has 18 heavy (non-hydrogen) atoms. The van der Waals surface area contributed by atoms with Crippen molar-refractivity contribution in [1.82, 2.24) is 10.3 Å². The van der Waals surface area contributed by atoms with Crippen LogP contribution in [0, 0.1) is 0 Å². The molecule has 1 amide bonds. The number of hydrogen-bond acceptors (Lipinski definition) is 4. The maximum absolute atomic E-state index is 12.1. The third kappa shape index (κ3) is 2.51. The molecule has 2 N–H and O–H groups in total. The molecular formula is C11H11BrN2O3S. The molecule has 1 aliphatic rings. The summed E-state index contributed by atoms with van der Waals surface area (Å²) in [6, 6.07) is 3.24. The Morgan fingerprint density at radius 3 is 2.89 bits per heavy atom. The maximum Gasteiger partial charge on any atom is 0.330 e. The Hall–Kier alpha value is -1.08. The smallest absolute Gasteiger partial charge is 0.330 e. The number of hydrogen-bond donors (Lipinski definition) is 2. The number of nitrogens with zero attached hydrogens (tertiary/aromatic N) is 1. The number of thioether (sulfide) groups is 1. The molecule has 0 spiro atoms. The van der Waals surface area contributed by atoms with Gasteiger partial charge in [0.05, 0.1) is 5.56 Å². The monoisotopic (exact) mass is 330 g/mol. The highest BCUT2D eigenvalue weighted by Gasteiger charge is 2.43. The lowest BCUT2D eigenvalue weighted by Crippen LogP contribution is -2.54. The van der Waals surface area contributed by atoms with Gasteiger partial charge in [0.15, 0.2) is 0 Å². The Kier molecular flexibility index (Phi) is 3.91. The van der Waals surface area contributed by atoms with Gasteiger partial charge in [-0.25, -0.2) is 9.78 Å². The van der Waals surface area contributed by atoms with E-state index in [9.17, 15) is 14.7 Å². The molecule has 2 heterocycles. The largest absolute Gasteiger partial charge is 0.479 e. The van der Waals surface area contributed by atoms with E-state index in [2.05, 4.69) is 26.2 Å². The van der Waals surface area contributed by atoms with Crippen LogP contribution in [0.3, 0.4) is 0 Å². The number of carbonyl (C=O) groups excluding carboxylic acids is 1. The average molecular weight is 331 g/mol. The third-order valence-electron chi connectivity index (χ3n) is 2.79. The van der Waals surface area contributed by atoms with Gasteiger partial charge in [-0.15, -0.1) is 0 Å². The standard InChI is InChI=1S/C11H11BrN2O3S/c12-8-7(2-1-4-13-8)9(15)14-11(10(16)17)3-5-18-6-11/h1-2,4H,3,5-6H2,(H,14,15)(H,16,17). The number of nitrogens with one attached hydrogen (secondary N) is 1.